The van der Waals surface area contributed by atoms with Gasteiger partial charge in [0.2, 0.25) is 10.0 Å². The number of nitrogens with zero attached hydrogens (tertiary/aromatic N) is 1. The van der Waals surface area contributed by atoms with Crippen molar-refractivity contribution in [1.29, 1.82) is 0 Å². The normalized spacial score (nSPS) is 13.6. The lowest BCUT2D eigenvalue weighted by Crippen LogP contribution is -2.28. The molecule has 1 unspecified atom stereocenters. The highest BCUT2D eigenvalue weighted by molar-refractivity contribution is 7.89. The number of rotatable bonds is 5. The van der Waals surface area contributed by atoms with Gasteiger partial charge in [0, 0.05) is 11.9 Å². The lowest BCUT2D eigenvalue weighted by Gasteiger charge is -2.11. The number of fused-ring (bicyclic) bond motifs is 1. The van der Waals surface area contributed by atoms with Gasteiger partial charge in [0.25, 0.3) is 0 Å². The van der Waals surface area contributed by atoms with Gasteiger partial charge >= 0.3 is 0 Å². The van der Waals surface area contributed by atoms with Gasteiger partial charge < -0.3 is 0 Å². The number of hydrogen-bond donors (Lipinski definition) is 1. The van der Waals surface area contributed by atoms with E-state index in [-0.39, 0.29) is 4.90 Å². The van der Waals surface area contributed by atoms with E-state index in [9.17, 15) is 8.42 Å². The first-order valence-corrected chi connectivity index (χ1v) is 8.34. The fraction of sp³-hybridized carbons (Fsp3) is 0.357. The molecular formula is C14H17ClN2O2S. The van der Waals surface area contributed by atoms with Crippen LogP contribution in [0.1, 0.15) is 20.3 Å². The molecule has 108 valence electrons. The van der Waals surface area contributed by atoms with Gasteiger partial charge in [-0.3, -0.25) is 0 Å². The zero-order valence-electron chi connectivity index (χ0n) is 11.4. The SMILES string of the molecule is CCC(C)CNS(=O)(=O)c1ccc2nc(Cl)ccc2c1. The van der Waals surface area contributed by atoms with E-state index in [4.69, 9.17) is 11.6 Å². The number of aromatic nitrogens is 1. The molecule has 0 aliphatic carbocycles. The standard InChI is InChI=1S/C14H17ClN2O2S/c1-3-10(2)9-16-20(18,19)12-5-6-13-11(8-12)4-7-14(15)17-13/h4-8,10,16H,3,9H2,1-2H3. The van der Waals surface area contributed by atoms with Crippen LogP contribution in [0.25, 0.3) is 10.9 Å². The molecule has 2 aromatic rings. The van der Waals surface area contributed by atoms with Crippen molar-refractivity contribution >= 4 is 32.5 Å². The van der Waals surface area contributed by atoms with Crippen molar-refractivity contribution in [2.45, 2.75) is 25.2 Å². The first kappa shape index (κ1) is 15.2. The summed E-state index contributed by atoms with van der Waals surface area (Å²) in [5, 5.41) is 1.14. The van der Waals surface area contributed by atoms with Crippen molar-refractivity contribution in [3.8, 4) is 0 Å². The largest absolute Gasteiger partial charge is 0.240 e. The number of sulfonamides is 1. The van der Waals surface area contributed by atoms with E-state index in [2.05, 4.69) is 9.71 Å². The number of pyridine rings is 1. The van der Waals surface area contributed by atoms with Gasteiger partial charge in [-0.05, 0) is 36.2 Å². The monoisotopic (exact) mass is 312 g/mol. The Morgan fingerprint density at radius 2 is 2.05 bits per heavy atom. The van der Waals surface area contributed by atoms with Crippen LogP contribution in [0.15, 0.2) is 35.2 Å². The van der Waals surface area contributed by atoms with Crippen LogP contribution >= 0.6 is 11.6 Å². The van der Waals surface area contributed by atoms with Crippen LogP contribution in [-0.4, -0.2) is 19.9 Å². The lowest BCUT2D eigenvalue weighted by atomic mass is 10.1. The quantitative estimate of drug-likeness (QED) is 0.862. The number of nitrogens with one attached hydrogen (secondary N) is 1. The Hall–Kier alpha value is -1.17. The van der Waals surface area contributed by atoms with Crippen LogP contribution in [0, 0.1) is 5.92 Å². The molecule has 0 spiro atoms. The summed E-state index contributed by atoms with van der Waals surface area (Å²) in [5.41, 5.74) is 0.679. The van der Waals surface area contributed by atoms with Gasteiger partial charge in [-0.1, -0.05) is 31.9 Å². The molecule has 0 amide bonds. The summed E-state index contributed by atoms with van der Waals surface area (Å²) in [7, 11) is -3.48. The second kappa shape index (κ2) is 6.08. The molecule has 0 aliphatic rings. The fourth-order valence-corrected chi connectivity index (χ4v) is 3.08. The molecule has 4 nitrogen and oxygen atoms in total. The topological polar surface area (TPSA) is 59.1 Å². The molecule has 20 heavy (non-hydrogen) atoms. The van der Waals surface area contributed by atoms with Crippen LogP contribution in [-0.2, 0) is 10.0 Å². The second-order valence-electron chi connectivity index (χ2n) is 4.85. The van der Waals surface area contributed by atoms with Crippen LogP contribution in [0.5, 0.6) is 0 Å². The molecule has 0 saturated heterocycles. The summed E-state index contributed by atoms with van der Waals surface area (Å²) < 4.78 is 27.0. The molecule has 0 bridgehead atoms. The second-order valence-corrected chi connectivity index (χ2v) is 7.01. The van der Waals surface area contributed by atoms with Gasteiger partial charge in [0.05, 0.1) is 10.4 Å². The van der Waals surface area contributed by atoms with E-state index in [1.807, 2.05) is 13.8 Å². The Kier molecular flexibility index (Phi) is 4.62. The summed E-state index contributed by atoms with van der Waals surface area (Å²) in [4.78, 5) is 4.38. The molecule has 0 radical (unpaired) electrons. The molecule has 0 saturated carbocycles. The Balaban J connectivity index is 2.30. The number of hydrogen-bond acceptors (Lipinski definition) is 3. The van der Waals surface area contributed by atoms with Crippen molar-refractivity contribution in [2.24, 2.45) is 5.92 Å². The Labute approximate surface area is 124 Å². The lowest BCUT2D eigenvalue weighted by molar-refractivity contribution is 0.528. The van der Waals surface area contributed by atoms with Crippen molar-refractivity contribution in [3.05, 3.63) is 35.5 Å². The molecule has 1 atom stereocenters. The highest BCUT2D eigenvalue weighted by Gasteiger charge is 2.15. The molecule has 0 aliphatic heterocycles. The highest BCUT2D eigenvalue weighted by Crippen LogP contribution is 2.19. The Morgan fingerprint density at radius 3 is 2.75 bits per heavy atom. The van der Waals surface area contributed by atoms with E-state index in [1.165, 1.54) is 0 Å². The Morgan fingerprint density at radius 1 is 1.30 bits per heavy atom. The van der Waals surface area contributed by atoms with E-state index in [0.717, 1.165) is 11.8 Å². The fourth-order valence-electron chi connectivity index (χ4n) is 1.73. The van der Waals surface area contributed by atoms with Gasteiger partial charge in [-0.2, -0.15) is 0 Å². The van der Waals surface area contributed by atoms with Crippen LogP contribution in [0.2, 0.25) is 5.15 Å². The van der Waals surface area contributed by atoms with E-state index >= 15 is 0 Å². The zero-order chi connectivity index (χ0) is 14.8. The number of halogens is 1. The van der Waals surface area contributed by atoms with Gasteiger partial charge in [0.15, 0.2) is 0 Å². The first-order chi connectivity index (χ1) is 9.42. The summed E-state index contributed by atoms with van der Waals surface area (Å²) >= 11 is 5.81. The third kappa shape index (κ3) is 3.48. The van der Waals surface area contributed by atoms with Gasteiger partial charge in [-0.15, -0.1) is 0 Å². The predicted octanol–water partition coefficient (Wildman–Crippen LogP) is 3.21. The third-order valence-corrected chi connectivity index (χ3v) is 4.89. The van der Waals surface area contributed by atoms with E-state index in [1.54, 1.807) is 30.3 Å². The van der Waals surface area contributed by atoms with Gasteiger partial charge in [0.1, 0.15) is 5.15 Å². The molecule has 2 rings (SSSR count). The molecule has 0 fully saturated rings. The van der Waals surface area contributed by atoms with E-state index < -0.39 is 10.0 Å². The van der Waals surface area contributed by atoms with Gasteiger partial charge in [-0.25, -0.2) is 18.1 Å². The zero-order valence-corrected chi connectivity index (χ0v) is 13.0. The molecule has 6 heteroatoms. The molecule has 1 aromatic heterocycles. The minimum atomic E-state index is -3.48. The Bertz CT molecular complexity index is 716. The first-order valence-electron chi connectivity index (χ1n) is 6.48. The maximum Gasteiger partial charge on any atom is 0.240 e. The summed E-state index contributed by atoms with van der Waals surface area (Å²) in [6.45, 7) is 4.48. The van der Waals surface area contributed by atoms with Crippen LogP contribution in [0.4, 0.5) is 0 Å². The third-order valence-electron chi connectivity index (χ3n) is 3.26. The van der Waals surface area contributed by atoms with Crippen molar-refractivity contribution in [3.63, 3.8) is 0 Å². The minimum absolute atomic E-state index is 0.248. The average molecular weight is 313 g/mol. The van der Waals surface area contributed by atoms with Crippen LogP contribution in [0.3, 0.4) is 0 Å². The summed E-state index contributed by atoms with van der Waals surface area (Å²) in [6, 6.07) is 8.23. The summed E-state index contributed by atoms with van der Waals surface area (Å²) in [5.74, 6) is 0.311. The summed E-state index contributed by atoms with van der Waals surface area (Å²) in [6.07, 6.45) is 0.933. The van der Waals surface area contributed by atoms with Crippen molar-refractivity contribution < 1.29 is 8.42 Å². The van der Waals surface area contributed by atoms with Crippen molar-refractivity contribution in [1.82, 2.24) is 9.71 Å². The van der Waals surface area contributed by atoms with E-state index in [0.29, 0.717) is 23.1 Å². The van der Waals surface area contributed by atoms with Crippen molar-refractivity contribution in [2.75, 3.05) is 6.54 Å². The highest BCUT2D eigenvalue weighted by atomic mass is 35.5. The molecule has 1 aromatic carbocycles. The van der Waals surface area contributed by atoms with Crippen LogP contribution < -0.4 is 4.72 Å². The maximum absolute atomic E-state index is 12.2. The maximum atomic E-state index is 12.2. The molecule has 1 N–H and O–H groups in total. The predicted molar refractivity (Wildman–Crippen MR) is 81.4 cm³/mol. The smallest absolute Gasteiger partial charge is 0.236 e. The number of benzene rings is 1. The minimum Gasteiger partial charge on any atom is -0.236 e. The average Bonchev–Trinajstić information content (AvgIpc) is 2.44. The molecule has 1 heterocycles. The molecular weight excluding hydrogens is 296 g/mol.